The van der Waals surface area contributed by atoms with Crippen molar-refractivity contribution in [3.05, 3.63) is 35.5 Å². The third kappa shape index (κ3) is 3.35. The third-order valence-electron chi connectivity index (χ3n) is 3.75. The molecule has 0 aromatic carbocycles. The number of hydrogen-bond acceptors (Lipinski definition) is 3. The van der Waals surface area contributed by atoms with Gasteiger partial charge in [-0.25, -0.2) is 4.98 Å². The SMILES string of the molecule is C[C@H](O)c1ccnc(N2CC=C(C(C)(C)C)CC2)c1. The van der Waals surface area contributed by atoms with Gasteiger partial charge in [0.1, 0.15) is 5.82 Å². The van der Waals surface area contributed by atoms with Gasteiger partial charge in [-0.3, -0.25) is 0 Å². The van der Waals surface area contributed by atoms with Crippen LogP contribution in [-0.4, -0.2) is 23.2 Å². The van der Waals surface area contributed by atoms with E-state index in [1.165, 1.54) is 5.57 Å². The molecule has 0 amide bonds. The number of aliphatic hydroxyl groups excluding tert-OH is 1. The Kier molecular flexibility index (Phi) is 3.95. The van der Waals surface area contributed by atoms with Crippen molar-refractivity contribution < 1.29 is 5.11 Å². The fraction of sp³-hybridized carbons (Fsp3) is 0.562. The van der Waals surface area contributed by atoms with E-state index in [9.17, 15) is 5.11 Å². The van der Waals surface area contributed by atoms with Crippen LogP contribution < -0.4 is 4.90 Å². The fourth-order valence-electron chi connectivity index (χ4n) is 2.43. The number of rotatable bonds is 2. The van der Waals surface area contributed by atoms with Crippen LogP contribution in [0.25, 0.3) is 0 Å². The predicted molar refractivity (Wildman–Crippen MR) is 79.2 cm³/mol. The second-order valence-electron chi connectivity index (χ2n) is 6.30. The van der Waals surface area contributed by atoms with Crippen molar-refractivity contribution in [2.75, 3.05) is 18.0 Å². The third-order valence-corrected chi connectivity index (χ3v) is 3.75. The molecule has 2 rings (SSSR count). The van der Waals surface area contributed by atoms with Crippen LogP contribution >= 0.6 is 0 Å². The van der Waals surface area contributed by atoms with Crippen LogP contribution in [0.3, 0.4) is 0 Å². The smallest absolute Gasteiger partial charge is 0.129 e. The van der Waals surface area contributed by atoms with Crippen molar-refractivity contribution in [3.8, 4) is 0 Å². The zero-order valence-electron chi connectivity index (χ0n) is 12.3. The second-order valence-corrected chi connectivity index (χ2v) is 6.30. The van der Waals surface area contributed by atoms with Crippen LogP contribution in [0.2, 0.25) is 0 Å². The van der Waals surface area contributed by atoms with E-state index in [0.29, 0.717) is 0 Å². The summed E-state index contributed by atoms with van der Waals surface area (Å²) >= 11 is 0. The Morgan fingerprint density at radius 1 is 1.37 bits per heavy atom. The molecule has 1 aromatic heterocycles. The summed E-state index contributed by atoms with van der Waals surface area (Å²) in [6.45, 7) is 10.5. The number of anilines is 1. The maximum absolute atomic E-state index is 9.64. The molecule has 1 aromatic rings. The zero-order valence-corrected chi connectivity index (χ0v) is 12.3. The van der Waals surface area contributed by atoms with E-state index in [4.69, 9.17) is 0 Å². The highest BCUT2D eigenvalue weighted by Crippen LogP contribution is 2.31. The number of aliphatic hydroxyl groups is 1. The quantitative estimate of drug-likeness (QED) is 0.829. The number of pyridine rings is 1. The molecular weight excluding hydrogens is 236 g/mol. The minimum atomic E-state index is -0.438. The molecule has 2 heterocycles. The van der Waals surface area contributed by atoms with Crippen molar-refractivity contribution in [3.63, 3.8) is 0 Å². The van der Waals surface area contributed by atoms with Gasteiger partial charge in [-0.2, -0.15) is 0 Å². The Hall–Kier alpha value is -1.35. The normalized spacial score (nSPS) is 18.2. The molecule has 1 N–H and O–H groups in total. The van der Waals surface area contributed by atoms with Gasteiger partial charge in [0.2, 0.25) is 0 Å². The van der Waals surface area contributed by atoms with Crippen molar-refractivity contribution in [1.29, 1.82) is 0 Å². The van der Waals surface area contributed by atoms with Gasteiger partial charge >= 0.3 is 0 Å². The predicted octanol–water partition coefficient (Wildman–Crippen LogP) is 3.32. The monoisotopic (exact) mass is 260 g/mol. The van der Waals surface area contributed by atoms with Crippen LogP contribution in [0.1, 0.15) is 45.8 Å². The molecule has 1 aliphatic rings. The summed E-state index contributed by atoms with van der Waals surface area (Å²) in [6, 6.07) is 3.86. The molecule has 104 valence electrons. The zero-order chi connectivity index (χ0) is 14.0. The highest BCUT2D eigenvalue weighted by molar-refractivity contribution is 5.44. The molecule has 0 saturated carbocycles. The van der Waals surface area contributed by atoms with Gasteiger partial charge in [0.25, 0.3) is 0 Å². The summed E-state index contributed by atoms with van der Waals surface area (Å²) in [5.74, 6) is 0.961. The molecule has 0 saturated heterocycles. The van der Waals surface area contributed by atoms with E-state index in [1.54, 1.807) is 13.1 Å². The van der Waals surface area contributed by atoms with Gasteiger partial charge < -0.3 is 10.0 Å². The maximum Gasteiger partial charge on any atom is 0.129 e. The lowest BCUT2D eigenvalue weighted by atomic mass is 9.83. The van der Waals surface area contributed by atoms with Gasteiger partial charge in [0, 0.05) is 19.3 Å². The topological polar surface area (TPSA) is 36.4 Å². The summed E-state index contributed by atoms with van der Waals surface area (Å²) in [7, 11) is 0. The van der Waals surface area contributed by atoms with E-state index in [1.807, 2.05) is 12.1 Å². The molecule has 19 heavy (non-hydrogen) atoms. The van der Waals surface area contributed by atoms with Crippen LogP contribution in [0, 0.1) is 5.41 Å². The van der Waals surface area contributed by atoms with Gasteiger partial charge in [-0.05, 0) is 36.5 Å². The lowest BCUT2D eigenvalue weighted by Gasteiger charge is -2.33. The molecule has 0 bridgehead atoms. The molecule has 0 spiro atoms. The lowest BCUT2D eigenvalue weighted by Crippen LogP contribution is -2.31. The average Bonchev–Trinajstić information content (AvgIpc) is 2.38. The van der Waals surface area contributed by atoms with Crippen LogP contribution in [-0.2, 0) is 0 Å². The maximum atomic E-state index is 9.64. The van der Waals surface area contributed by atoms with E-state index in [2.05, 4.69) is 36.7 Å². The molecular formula is C16H24N2O. The molecule has 1 atom stereocenters. The fourth-order valence-corrected chi connectivity index (χ4v) is 2.43. The molecule has 0 aliphatic carbocycles. The van der Waals surface area contributed by atoms with Crippen molar-refractivity contribution in [2.45, 2.75) is 40.2 Å². The molecule has 0 unspecified atom stereocenters. The first-order valence-electron chi connectivity index (χ1n) is 6.96. The summed E-state index contributed by atoms with van der Waals surface area (Å²) in [4.78, 5) is 6.68. The van der Waals surface area contributed by atoms with Gasteiger partial charge in [-0.15, -0.1) is 0 Å². The number of nitrogens with zero attached hydrogens (tertiary/aromatic N) is 2. The van der Waals surface area contributed by atoms with Crippen molar-refractivity contribution >= 4 is 5.82 Å². The molecule has 3 heteroatoms. The Morgan fingerprint density at radius 2 is 2.11 bits per heavy atom. The number of aromatic nitrogens is 1. The standard InChI is InChI=1S/C16H24N2O/c1-12(19)13-5-8-17-15(11-13)18-9-6-14(7-10-18)16(2,3)4/h5-6,8,11-12,19H,7,9-10H2,1-4H3/t12-/m0/s1. The minimum absolute atomic E-state index is 0.265. The van der Waals surface area contributed by atoms with Gasteiger partial charge in [0.15, 0.2) is 0 Å². The summed E-state index contributed by atoms with van der Waals surface area (Å²) < 4.78 is 0. The first-order chi connectivity index (χ1) is 8.88. The number of hydrogen-bond donors (Lipinski definition) is 1. The molecule has 0 fully saturated rings. The molecule has 0 radical (unpaired) electrons. The molecule has 3 nitrogen and oxygen atoms in total. The Morgan fingerprint density at radius 3 is 2.63 bits per heavy atom. The first-order valence-corrected chi connectivity index (χ1v) is 6.96. The van der Waals surface area contributed by atoms with Crippen LogP contribution in [0.15, 0.2) is 30.0 Å². The Balaban J connectivity index is 2.14. The van der Waals surface area contributed by atoms with E-state index >= 15 is 0 Å². The summed E-state index contributed by atoms with van der Waals surface area (Å²) in [6.07, 6.45) is 4.75. The van der Waals surface area contributed by atoms with E-state index in [0.717, 1.165) is 30.9 Å². The highest BCUT2D eigenvalue weighted by atomic mass is 16.3. The van der Waals surface area contributed by atoms with Gasteiger partial charge in [0.05, 0.1) is 6.10 Å². The Bertz CT molecular complexity index is 472. The summed E-state index contributed by atoms with van der Waals surface area (Å²) in [5, 5.41) is 9.64. The highest BCUT2D eigenvalue weighted by Gasteiger charge is 2.21. The minimum Gasteiger partial charge on any atom is -0.389 e. The Labute approximate surface area is 116 Å². The summed E-state index contributed by atoms with van der Waals surface area (Å²) in [5.41, 5.74) is 2.71. The lowest BCUT2D eigenvalue weighted by molar-refractivity contribution is 0.199. The van der Waals surface area contributed by atoms with Gasteiger partial charge in [-0.1, -0.05) is 32.4 Å². The van der Waals surface area contributed by atoms with E-state index < -0.39 is 6.10 Å². The average molecular weight is 260 g/mol. The van der Waals surface area contributed by atoms with Crippen molar-refractivity contribution in [1.82, 2.24) is 4.98 Å². The first kappa shape index (κ1) is 14.1. The molecule has 1 aliphatic heterocycles. The van der Waals surface area contributed by atoms with Crippen molar-refractivity contribution in [2.24, 2.45) is 5.41 Å². The van der Waals surface area contributed by atoms with Crippen LogP contribution in [0.4, 0.5) is 5.82 Å². The van der Waals surface area contributed by atoms with E-state index in [-0.39, 0.29) is 5.41 Å². The van der Waals surface area contributed by atoms with Crippen LogP contribution in [0.5, 0.6) is 0 Å². The second kappa shape index (κ2) is 5.33. The largest absolute Gasteiger partial charge is 0.389 e.